The summed E-state index contributed by atoms with van der Waals surface area (Å²) in [4.78, 5) is 0. The summed E-state index contributed by atoms with van der Waals surface area (Å²) in [6.07, 6.45) is 1.68. The number of benzene rings is 3. The molecule has 0 saturated carbocycles. The van der Waals surface area contributed by atoms with E-state index in [2.05, 4.69) is 61.2 Å². The number of ether oxygens (including phenoxy) is 1. The summed E-state index contributed by atoms with van der Waals surface area (Å²) in [7, 11) is 1.68. The standard InChI is InChI=1S/C25H20O2/c1-18(24-12-7-17-27-24)25-22(19-8-4-3-5-9-19)10-6-11-23(25)20-13-15-21(26-2)16-14-20/h3-17H,1H2,2H3. The molecule has 2 heteroatoms. The molecule has 0 aliphatic heterocycles. The van der Waals surface area contributed by atoms with Crippen molar-refractivity contribution in [1.82, 2.24) is 0 Å². The highest BCUT2D eigenvalue weighted by Gasteiger charge is 2.17. The first kappa shape index (κ1) is 16.9. The largest absolute Gasteiger partial charge is 0.497 e. The fourth-order valence-electron chi connectivity index (χ4n) is 3.32. The Labute approximate surface area is 159 Å². The molecule has 0 atom stereocenters. The second-order valence-electron chi connectivity index (χ2n) is 6.28. The van der Waals surface area contributed by atoms with Gasteiger partial charge in [0.15, 0.2) is 0 Å². The predicted molar refractivity (Wildman–Crippen MR) is 111 cm³/mol. The van der Waals surface area contributed by atoms with Gasteiger partial charge < -0.3 is 9.15 Å². The molecule has 4 aromatic rings. The molecule has 0 radical (unpaired) electrons. The van der Waals surface area contributed by atoms with Crippen molar-refractivity contribution in [1.29, 1.82) is 0 Å². The van der Waals surface area contributed by atoms with E-state index in [1.165, 1.54) is 0 Å². The van der Waals surface area contributed by atoms with Crippen molar-refractivity contribution >= 4 is 5.57 Å². The van der Waals surface area contributed by atoms with Crippen molar-refractivity contribution in [2.45, 2.75) is 0 Å². The zero-order chi connectivity index (χ0) is 18.6. The first-order valence-electron chi connectivity index (χ1n) is 8.84. The van der Waals surface area contributed by atoms with Crippen molar-refractivity contribution < 1.29 is 9.15 Å². The first-order chi connectivity index (χ1) is 13.3. The summed E-state index contributed by atoms with van der Waals surface area (Å²) in [6.45, 7) is 4.36. The Kier molecular flexibility index (Phi) is 4.63. The van der Waals surface area contributed by atoms with E-state index in [1.54, 1.807) is 13.4 Å². The van der Waals surface area contributed by atoms with E-state index in [0.717, 1.165) is 44.9 Å². The third-order valence-electron chi connectivity index (χ3n) is 4.67. The summed E-state index contributed by atoms with van der Waals surface area (Å²) in [5.74, 6) is 1.61. The highest BCUT2D eigenvalue weighted by atomic mass is 16.5. The second kappa shape index (κ2) is 7.38. The van der Waals surface area contributed by atoms with Crippen LogP contribution in [0.25, 0.3) is 27.8 Å². The minimum absolute atomic E-state index is 0.771. The van der Waals surface area contributed by atoms with E-state index in [-0.39, 0.29) is 0 Å². The van der Waals surface area contributed by atoms with Crippen LogP contribution in [0, 0.1) is 0 Å². The molecule has 0 aliphatic rings. The van der Waals surface area contributed by atoms with Crippen molar-refractivity contribution in [3.63, 3.8) is 0 Å². The molecular weight excluding hydrogens is 332 g/mol. The summed E-state index contributed by atoms with van der Waals surface area (Å²) < 4.78 is 11.0. The van der Waals surface area contributed by atoms with Gasteiger partial charge >= 0.3 is 0 Å². The lowest BCUT2D eigenvalue weighted by atomic mass is 9.87. The molecular formula is C25H20O2. The Morgan fingerprint density at radius 3 is 2.00 bits per heavy atom. The van der Waals surface area contributed by atoms with Crippen LogP contribution in [0.2, 0.25) is 0 Å². The van der Waals surface area contributed by atoms with Crippen molar-refractivity contribution in [2.24, 2.45) is 0 Å². The zero-order valence-electron chi connectivity index (χ0n) is 15.2. The summed E-state index contributed by atoms with van der Waals surface area (Å²) >= 11 is 0. The topological polar surface area (TPSA) is 22.4 Å². The Morgan fingerprint density at radius 1 is 0.741 bits per heavy atom. The van der Waals surface area contributed by atoms with Gasteiger partial charge in [0.25, 0.3) is 0 Å². The summed E-state index contributed by atoms with van der Waals surface area (Å²) in [5, 5.41) is 0. The maximum atomic E-state index is 5.65. The average Bonchev–Trinajstić information content (AvgIpc) is 3.28. The number of furan rings is 1. The third-order valence-corrected chi connectivity index (χ3v) is 4.67. The van der Waals surface area contributed by atoms with E-state index in [0.29, 0.717) is 0 Å². The average molecular weight is 352 g/mol. The molecule has 0 unspecified atom stereocenters. The van der Waals surface area contributed by atoms with E-state index < -0.39 is 0 Å². The molecule has 0 amide bonds. The smallest absolute Gasteiger partial charge is 0.133 e. The molecule has 27 heavy (non-hydrogen) atoms. The van der Waals surface area contributed by atoms with Gasteiger partial charge in [0.2, 0.25) is 0 Å². The maximum absolute atomic E-state index is 5.65. The van der Waals surface area contributed by atoms with Gasteiger partial charge in [-0.1, -0.05) is 67.2 Å². The molecule has 0 aliphatic carbocycles. The molecule has 0 bridgehead atoms. The molecule has 2 nitrogen and oxygen atoms in total. The first-order valence-corrected chi connectivity index (χ1v) is 8.84. The molecule has 1 aromatic heterocycles. The molecule has 0 spiro atoms. The third kappa shape index (κ3) is 3.30. The number of rotatable bonds is 5. The van der Waals surface area contributed by atoms with Crippen LogP contribution in [0.3, 0.4) is 0 Å². The SMILES string of the molecule is C=C(c1ccco1)c1c(-c2ccccc2)cccc1-c1ccc(OC)cc1. The number of hydrogen-bond donors (Lipinski definition) is 0. The van der Waals surface area contributed by atoms with E-state index in [9.17, 15) is 0 Å². The van der Waals surface area contributed by atoms with Crippen LogP contribution in [0.5, 0.6) is 5.75 Å². The Bertz CT molecular complexity index is 1040. The van der Waals surface area contributed by atoms with Crippen molar-refractivity contribution in [2.75, 3.05) is 7.11 Å². The van der Waals surface area contributed by atoms with Crippen molar-refractivity contribution in [3.8, 4) is 28.0 Å². The lowest BCUT2D eigenvalue weighted by Gasteiger charge is -2.17. The lowest BCUT2D eigenvalue weighted by Crippen LogP contribution is -1.95. The van der Waals surface area contributed by atoms with Gasteiger partial charge in [-0.2, -0.15) is 0 Å². The van der Waals surface area contributed by atoms with E-state index in [4.69, 9.17) is 9.15 Å². The maximum Gasteiger partial charge on any atom is 0.133 e. The Hall–Kier alpha value is -3.52. The van der Waals surface area contributed by atoms with Gasteiger partial charge in [-0.3, -0.25) is 0 Å². The highest BCUT2D eigenvalue weighted by molar-refractivity contribution is 5.94. The molecule has 0 N–H and O–H groups in total. The van der Waals surface area contributed by atoms with E-state index >= 15 is 0 Å². The Morgan fingerprint density at radius 2 is 1.41 bits per heavy atom. The van der Waals surface area contributed by atoms with Crippen LogP contribution in [-0.2, 0) is 0 Å². The van der Waals surface area contributed by atoms with Gasteiger partial charge in [0.1, 0.15) is 11.5 Å². The quantitative estimate of drug-likeness (QED) is 0.399. The van der Waals surface area contributed by atoms with Crippen LogP contribution < -0.4 is 4.74 Å². The highest BCUT2D eigenvalue weighted by Crippen LogP contribution is 2.39. The van der Waals surface area contributed by atoms with Crippen LogP contribution in [-0.4, -0.2) is 7.11 Å². The fourth-order valence-corrected chi connectivity index (χ4v) is 3.32. The van der Waals surface area contributed by atoms with Crippen LogP contribution in [0.4, 0.5) is 0 Å². The number of hydrogen-bond acceptors (Lipinski definition) is 2. The molecule has 0 fully saturated rings. The zero-order valence-corrected chi connectivity index (χ0v) is 15.2. The normalized spacial score (nSPS) is 10.6. The number of methoxy groups -OCH3 is 1. The van der Waals surface area contributed by atoms with Gasteiger partial charge in [0.05, 0.1) is 13.4 Å². The van der Waals surface area contributed by atoms with Crippen LogP contribution in [0.15, 0.2) is 102 Å². The molecule has 1 heterocycles. The van der Waals surface area contributed by atoms with Crippen LogP contribution >= 0.6 is 0 Å². The molecule has 3 aromatic carbocycles. The second-order valence-corrected chi connectivity index (χ2v) is 6.28. The van der Waals surface area contributed by atoms with E-state index in [1.807, 2.05) is 30.3 Å². The van der Waals surface area contributed by atoms with Gasteiger partial charge in [-0.25, -0.2) is 0 Å². The molecule has 132 valence electrons. The fraction of sp³-hybridized carbons (Fsp3) is 0.0400. The van der Waals surface area contributed by atoms with Gasteiger partial charge in [-0.15, -0.1) is 0 Å². The monoisotopic (exact) mass is 352 g/mol. The minimum atomic E-state index is 0.771. The molecule has 0 saturated heterocycles. The summed E-state index contributed by atoms with van der Waals surface area (Å²) in [6, 6.07) is 28.6. The van der Waals surface area contributed by atoms with Crippen molar-refractivity contribution in [3.05, 3.63) is 109 Å². The minimum Gasteiger partial charge on any atom is -0.497 e. The lowest BCUT2D eigenvalue weighted by molar-refractivity contribution is 0.415. The van der Waals surface area contributed by atoms with Gasteiger partial charge in [0, 0.05) is 11.1 Å². The van der Waals surface area contributed by atoms with Crippen LogP contribution in [0.1, 0.15) is 11.3 Å². The predicted octanol–water partition coefficient (Wildman–Crippen LogP) is 6.68. The Balaban J connectivity index is 1.94. The van der Waals surface area contributed by atoms with Gasteiger partial charge in [-0.05, 0) is 46.5 Å². The molecule has 4 rings (SSSR count). The summed E-state index contributed by atoms with van der Waals surface area (Å²) in [5.41, 5.74) is 6.44.